The number of nitrogens with zero attached hydrogens (tertiary/aromatic N) is 2. The average molecular weight is 411 g/mol. The van der Waals surface area contributed by atoms with Crippen molar-refractivity contribution >= 4 is 5.91 Å². The first-order chi connectivity index (χ1) is 14.6. The molecule has 2 aliphatic rings. The number of carbonyl (C=O) groups is 1. The summed E-state index contributed by atoms with van der Waals surface area (Å²) in [4.78, 5) is 19.9. The summed E-state index contributed by atoms with van der Waals surface area (Å²) in [6, 6.07) is 16.3. The van der Waals surface area contributed by atoms with E-state index >= 15 is 0 Å². The first-order valence-electron chi connectivity index (χ1n) is 10.6. The average Bonchev–Trinajstić information content (AvgIpc) is 3.09. The predicted octanol–water partition coefficient (Wildman–Crippen LogP) is 3.79. The number of likely N-dealkylation sites (tertiary alicyclic amines) is 1. The van der Waals surface area contributed by atoms with Gasteiger partial charge in [0, 0.05) is 26.1 Å². The highest BCUT2D eigenvalue weighted by molar-refractivity contribution is 5.78. The molecule has 0 atom stereocenters. The molecule has 2 fully saturated rings. The summed E-state index contributed by atoms with van der Waals surface area (Å²) in [6.07, 6.45) is 3.38. The summed E-state index contributed by atoms with van der Waals surface area (Å²) in [5.74, 6) is 1.62. The SMILES string of the molecule is COc1cc(CN2CCC3(CCC(=O)N3OC)CC2)ccc1OCc1ccccc1. The Morgan fingerprint density at radius 3 is 2.40 bits per heavy atom. The van der Waals surface area contributed by atoms with Crippen LogP contribution in [0, 0.1) is 0 Å². The largest absolute Gasteiger partial charge is 0.493 e. The third-order valence-electron chi connectivity index (χ3n) is 6.30. The number of hydroxylamine groups is 2. The van der Waals surface area contributed by atoms with Crippen LogP contribution >= 0.6 is 0 Å². The smallest absolute Gasteiger partial charge is 0.246 e. The maximum atomic E-state index is 12.1. The fourth-order valence-electron chi connectivity index (χ4n) is 4.61. The van der Waals surface area contributed by atoms with E-state index in [1.54, 1.807) is 19.3 Å². The van der Waals surface area contributed by atoms with Crippen molar-refractivity contribution in [3.8, 4) is 11.5 Å². The molecule has 2 heterocycles. The number of hydrogen-bond acceptors (Lipinski definition) is 5. The van der Waals surface area contributed by atoms with Crippen LogP contribution in [0.5, 0.6) is 11.5 Å². The van der Waals surface area contributed by atoms with E-state index in [1.165, 1.54) is 5.56 Å². The maximum absolute atomic E-state index is 12.1. The lowest BCUT2D eigenvalue weighted by Crippen LogP contribution is -2.52. The lowest BCUT2D eigenvalue weighted by molar-refractivity contribution is -0.202. The summed E-state index contributed by atoms with van der Waals surface area (Å²) in [5, 5.41) is 1.63. The molecule has 6 nitrogen and oxygen atoms in total. The fraction of sp³-hybridized carbons (Fsp3) is 0.458. The van der Waals surface area contributed by atoms with E-state index in [4.69, 9.17) is 14.3 Å². The topological polar surface area (TPSA) is 51.2 Å². The maximum Gasteiger partial charge on any atom is 0.246 e. The second kappa shape index (κ2) is 9.06. The standard InChI is InChI=1S/C24H30N2O4/c1-28-22-16-20(8-9-21(22)30-18-19-6-4-3-5-7-19)17-25-14-12-24(13-15-25)11-10-23(27)26(24)29-2/h3-9,16H,10-15,17-18H2,1-2H3. The molecule has 0 N–H and O–H groups in total. The van der Waals surface area contributed by atoms with Crippen molar-refractivity contribution in [3.63, 3.8) is 0 Å². The third kappa shape index (κ3) is 4.30. The van der Waals surface area contributed by atoms with Crippen LogP contribution < -0.4 is 9.47 Å². The van der Waals surface area contributed by atoms with E-state index < -0.39 is 0 Å². The molecule has 4 rings (SSSR count). The van der Waals surface area contributed by atoms with Crippen LogP contribution in [0.2, 0.25) is 0 Å². The van der Waals surface area contributed by atoms with Gasteiger partial charge in [-0.3, -0.25) is 14.5 Å². The van der Waals surface area contributed by atoms with Crippen molar-refractivity contribution in [2.24, 2.45) is 0 Å². The van der Waals surface area contributed by atoms with Crippen LogP contribution in [0.25, 0.3) is 0 Å². The highest BCUT2D eigenvalue weighted by Gasteiger charge is 2.47. The quantitative estimate of drug-likeness (QED) is 0.695. The van der Waals surface area contributed by atoms with E-state index in [0.29, 0.717) is 13.0 Å². The Morgan fingerprint density at radius 2 is 1.70 bits per heavy atom. The predicted molar refractivity (Wildman–Crippen MR) is 114 cm³/mol. The van der Waals surface area contributed by atoms with Crippen molar-refractivity contribution in [1.29, 1.82) is 0 Å². The number of methoxy groups -OCH3 is 1. The van der Waals surface area contributed by atoms with Crippen molar-refractivity contribution in [1.82, 2.24) is 9.96 Å². The Kier molecular flexibility index (Phi) is 6.25. The zero-order valence-electron chi connectivity index (χ0n) is 17.8. The Hall–Kier alpha value is -2.57. The molecule has 2 saturated heterocycles. The Bertz CT molecular complexity index is 863. The van der Waals surface area contributed by atoms with Gasteiger partial charge in [0.25, 0.3) is 0 Å². The number of piperidine rings is 1. The molecule has 0 saturated carbocycles. The summed E-state index contributed by atoms with van der Waals surface area (Å²) in [6.45, 7) is 3.26. The lowest BCUT2D eigenvalue weighted by atomic mass is 9.86. The van der Waals surface area contributed by atoms with E-state index in [1.807, 2.05) is 36.4 Å². The first kappa shape index (κ1) is 20.7. The Balaban J connectivity index is 1.35. The van der Waals surface area contributed by atoms with Gasteiger partial charge in [0.2, 0.25) is 5.91 Å². The fourth-order valence-corrected chi connectivity index (χ4v) is 4.61. The molecule has 0 bridgehead atoms. The number of rotatable bonds is 7. The highest BCUT2D eigenvalue weighted by Crippen LogP contribution is 2.39. The second-order valence-electron chi connectivity index (χ2n) is 8.13. The van der Waals surface area contributed by atoms with Crippen LogP contribution in [0.15, 0.2) is 48.5 Å². The van der Waals surface area contributed by atoms with Gasteiger partial charge in [-0.25, -0.2) is 5.06 Å². The molecular weight excluding hydrogens is 380 g/mol. The van der Waals surface area contributed by atoms with E-state index in [2.05, 4.69) is 17.0 Å². The molecule has 6 heteroatoms. The van der Waals surface area contributed by atoms with E-state index in [-0.39, 0.29) is 11.4 Å². The number of hydrogen-bond donors (Lipinski definition) is 0. The van der Waals surface area contributed by atoms with E-state index in [9.17, 15) is 4.79 Å². The van der Waals surface area contributed by atoms with Crippen molar-refractivity contribution in [3.05, 3.63) is 59.7 Å². The molecule has 1 amide bonds. The molecule has 2 aromatic carbocycles. The van der Waals surface area contributed by atoms with Gasteiger partial charge in [0.15, 0.2) is 11.5 Å². The van der Waals surface area contributed by atoms with Gasteiger partial charge in [-0.2, -0.15) is 0 Å². The molecule has 2 aliphatic heterocycles. The van der Waals surface area contributed by atoms with Gasteiger partial charge in [0.05, 0.1) is 19.8 Å². The number of ether oxygens (including phenoxy) is 2. The second-order valence-corrected chi connectivity index (χ2v) is 8.13. The molecular formula is C24H30N2O4. The lowest BCUT2D eigenvalue weighted by Gasteiger charge is -2.43. The molecule has 0 aromatic heterocycles. The molecule has 160 valence electrons. The molecule has 30 heavy (non-hydrogen) atoms. The highest BCUT2D eigenvalue weighted by atomic mass is 16.7. The van der Waals surface area contributed by atoms with Crippen molar-refractivity contribution in [2.45, 2.75) is 44.4 Å². The minimum Gasteiger partial charge on any atom is -0.493 e. The zero-order chi connectivity index (χ0) is 21.0. The Labute approximate surface area is 178 Å². The van der Waals surface area contributed by atoms with Gasteiger partial charge in [-0.15, -0.1) is 0 Å². The van der Waals surface area contributed by atoms with Gasteiger partial charge >= 0.3 is 0 Å². The minimum absolute atomic E-state index is 0.113. The van der Waals surface area contributed by atoms with Crippen molar-refractivity contribution in [2.75, 3.05) is 27.3 Å². The number of benzene rings is 2. The normalized spacial score (nSPS) is 18.7. The molecule has 0 aliphatic carbocycles. The summed E-state index contributed by atoms with van der Waals surface area (Å²) in [7, 11) is 3.28. The first-order valence-corrected chi connectivity index (χ1v) is 10.6. The number of carbonyl (C=O) groups excluding carboxylic acids is 1. The van der Waals surface area contributed by atoms with Gasteiger partial charge in [-0.05, 0) is 42.5 Å². The van der Waals surface area contributed by atoms with Crippen LogP contribution in [0.1, 0.15) is 36.8 Å². The molecule has 0 radical (unpaired) electrons. The Morgan fingerprint density at radius 1 is 0.933 bits per heavy atom. The van der Waals surface area contributed by atoms with Crippen LogP contribution in [0.3, 0.4) is 0 Å². The molecule has 1 spiro atoms. The van der Waals surface area contributed by atoms with E-state index in [0.717, 1.165) is 56.0 Å². The van der Waals surface area contributed by atoms with Crippen molar-refractivity contribution < 1.29 is 19.1 Å². The number of amides is 1. The molecule has 0 unspecified atom stereocenters. The zero-order valence-corrected chi connectivity index (χ0v) is 17.8. The summed E-state index contributed by atoms with van der Waals surface area (Å²) < 4.78 is 11.5. The van der Waals surface area contributed by atoms with Gasteiger partial charge < -0.3 is 9.47 Å². The minimum atomic E-state index is -0.116. The summed E-state index contributed by atoms with van der Waals surface area (Å²) in [5.41, 5.74) is 2.21. The molecule has 2 aromatic rings. The van der Waals surface area contributed by atoms with Gasteiger partial charge in [-0.1, -0.05) is 36.4 Å². The van der Waals surface area contributed by atoms with Crippen LogP contribution in [-0.4, -0.2) is 48.7 Å². The monoisotopic (exact) mass is 410 g/mol. The van der Waals surface area contributed by atoms with Crippen LogP contribution in [0.4, 0.5) is 0 Å². The summed E-state index contributed by atoms with van der Waals surface area (Å²) >= 11 is 0. The van der Waals surface area contributed by atoms with Gasteiger partial charge in [0.1, 0.15) is 6.61 Å². The van der Waals surface area contributed by atoms with Crippen LogP contribution in [-0.2, 0) is 22.8 Å². The third-order valence-corrected chi connectivity index (χ3v) is 6.30.